The number of carbonyl (C=O) groups excluding carboxylic acids is 3. The number of ether oxygens (including phenoxy) is 2. The van der Waals surface area contributed by atoms with Gasteiger partial charge in [0.25, 0.3) is 5.91 Å². The first kappa shape index (κ1) is 115. The van der Waals surface area contributed by atoms with Crippen molar-refractivity contribution in [2.24, 2.45) is 39.5 Å². The van der Waals surface area contributed by atoms with Crippen LogP contribution in [0.15, 0.2) is 233 Å². The van der Waals surface area contributed by atoms with Crippen LogP contribution < -0.4 is 61.8 Å². The standard InChI is InChI=1S/C31H35N5O3S.C22H24N2O2.C21H22N2O2.C11H13N3.C10H11BrO2.C10H15N3O2S.C7H4FN.C4H10N2/c1-22-17-23(2)27(19-26(22)18-24-11-12-36(21-24)28-8-4-3-7-25(28)20-32)31(37)35-15-13-34(14-16-35)29-9-5-6-10-30(29)40(33,38)39;1-15-10-16(2)20(22(25)26-3)12-19(15)11-17-8-9-24(14-17)21-7-5-4-6-18(21)13-23;1-14-9-15(2)19(21(24)25)11-18(14)10-16-7-8-23(13-16)20-6-4-3-5-17(20)12-22;12-7-9-3-1-2-4-11(9)14-6-5-10(13)8-14;1-6-4-7(2)9(11)5-8(6)10(12)13-3;11-16(14,15)10-4-2-1-3-9(10)13-7-5-12-6-8-13;8-7-4-2-1-3-6(7)5-9;5-4-1-2-6-3-4/h3-10,17,19,24H,11-16,18,21H2,1-2H3,(H2,33,38,39);4-7,10,12,17H,8-9,11,14H2,1-3H3;3-6,9,11,16H,7-8,10,13H2,1-2H3,(H,24,25);1-4,10H,5-6,8,13H2;4-5H,1-3H3;1-4,12H,5-8H2,(H2,11,14,15);1-4H;4,6H,1-3,5H2. The van der Waals surface area contributed by atoms with Crippen molar-refractivity contribution in [3.8, 4) is 30.3 Å². The summed E-state index contributed by atoms with van der Waals surface area (Å²) < 4.78 is 69.8. The fraction of sp³-hybridized carbons (Fsp3) is 0.353. The quantitative estimate of drug-likeness (QED) is 0.0392. The number of benzene rings is 11. The maximum absolute atomic E-state index is 13.7. The second kappa shape index (κ2) is 55.0. The molecule has 780 valence electrons. The molecule has 29 nitrogen and oxygen atoms in total. The molecule has 33 heteroatoms. The van der Waals surface area contributed by atoms with Gasteiger partial charge in [0.2, 0.25) is 20.0 Å². The number of nitriles is 5. The molecule has 0 spiro atoms. The third-order valence-electron chi connectivity index (χ3n) is 27.7. The summed E-state index contributed by atoms with van der Waals surface area (Å²) in [6.45, 7) is 30.7. The highest BCUT2D eigenvalue weighted by molar-refractivity contribution is 9.10. The highest BCUT2D eigenvalue weighted by atomic mass is 79.9. The van der Waals surface area contributed by atoms with Gasteiger partial charge in [0, 0.05) is 133 Å². The van der Waals surface area contributed by atoms with Crippen LogP contribution in [-0.4, -0.2) is 195 Å². The number of amides is 1. The van der Waals surface area contributed by atoms with Crippen molar-refractivity contribution in [3.05, 3.63) is 340 Å². The van der Waals surface area contributed by atoms with Crippen molar-refractivity contribution in [2.75, 3.05) is 161 Å². The van der Waals surface area contributed by atoms with E-state index in [4.69, 9.17) is 37.0 Å². The molecule has 0 saturated carbocycles. The second-order valence-electron chi connectivity index (χ2n) is 38.3. The van der Waals surface area contributed by atoms with Crippen LogP contribution in [-0.2, 0) is 48.8 Å². The molecular weight excluding hydrogens is 1980 g/mol. The van der Waals surface area contributed by atoms with Crippen LogP contribution >= 0.6 is 15.9 Å². The number of piperazine rings is 2. The topological polar surface area (TPSA) is 445 Å². The third kappa shape index (κ3) is 31.8. The highest BCUT2D eigenvalue weighted by Crippen LogP contribution is 2.37. The number of aromatic carboxylic acids is 1. The Morgan fingerprint density at radius 1 is 0.376 bits per heavy atom. The number of sulfonamides is 2. The Kier molecular flexibility index (Phi) is 42.5. The van der Waals surface area contributed by atoms with Gasteiger partial charge in [0.15, 0.2) is 0 Å². The molecule has 0 aliphatic carbocycles. The lowest BCUT2D eigenvalue weighted by Gasteiger charge is -2.37. The fourth-order valence-corrected chi connectivity index (χ4v) is 21.5. The predicted molar refractivity (Wildman–Crippen MR) is 588 cm³/mol. The zero-order valence-corrected chi connectivity index (χ0v) is 89.6. The van der Waals surface area contributed by atoms with Crippen molar-refractivity contribution >= 4 is 93.9 Å². The lowest BCUT2D eigenvalue weighted by Crippen LogP contribution is -2.49. The number of nitrogens with two attached hydrogens (primary N) is 4. The van der Waals surface area contributed by atoms with E-state index in [9.17, 15) is 61.3 Å². The van der Waals surface area contributed by atoms with E-state index in [1.165, 1.54) is 54.7 Å². The van der Waals surface area contributed by atoms with E-state index in [0.29, 0.717) is 89.2 Å². The van der Waals surface area contributed by atoms with Gasteiger partial charge in [-0.2, -0.15) is 26.3 Å². The van der Waals surface area contributed by atoms with Gasteiger partial charge in [-0.1, -0.05) is 125 Å². The number of nitrogens with one attached hydrogen (secondary N) is 2. The zero-order valence-electron chi connectivity index (χ0n) is 86.3. The summed E-state index contributed by atoms with van der Waals surface area (Å²) in [5, 5.41) is 71.6. The van der Waals surface area contributed by atoms with E-state index < -0.39 is 31.8 Å². The second-order valence-corrected chi connectivity index (χ2v) is 42.2. The van der Waals surface area contributed by atoms with Gasteiger partial charge in [0.05, 0.1) is 92.9 Å². The molecule has 0 bridgehead atoms. The number of aryl methyl sites for hydroxylation is 8. The van der Waals surface area contributed by atoms with Crippen LogP contribution in [0.2, 0.25) is 0 Å². The van der Waals surface area contributed by atoms with E-state index in [1.807, 2.05) is 184 Å². The van der Waals surface area contributed by atoms with E-state index in [2.05, 4.69) is 107 Å². The number of nitrogens with zero attached hydrogens (tertiary/aromatic N) is 12. The lowest BCUT2D eigenvalue weighted by atomic mass is 9.91. The van der Waals surface area contributed by atoms with Crippen molar-refractivity contribution in [3.63, 3.8) is 0 Å². The van der Waals surface area contributed by atoms with Gasteiger partial charge in [-0.05, 0) is 301 Å². The van der Waals surface area contributed by atoms with Gasteiger partial charge in [-0.15, -0.1) is 0 Å². The lowest BCUT2D eigenvalue weighted by molar-refractivity contribution is 0.0590. The summed E-state index contributed by atoms with van der Waals surface area (Å²) in [4.78, 5) is 63.5. The van der Waals surface area contributed by atoms with Crippen LogP contribution in [0.25, 0.3) is 0 Å². The smallest absolute Gasteiger partial charge is 0.338 e. The van der Waals surface area contributed by atoms with Crippen LogP contribution in [0.1, 0.15) is 163 Å². The molecule has 7 saturated heterocycles. The molecule has 1 amide bonds. The minimum atomic E-state index is -3.84. The normalized spacial score (nSPS) is 17.0. The summed E-state index contributed by atoms with van der Waals surface area (Å²) in [7, 11) is -4.68. The summed E-state index contributed by atoms with van der Waals surface area (Å²) in [5.41, 5.74) is 33.8. The van der Waals surface area contributed by atoms with Gasteiger partial charge in [-0.25, -0.2) is 45.9 Å². The molecule has 0 radical (unpaired) electrons. The van der Waals surface area contributed by atoms with E-state index in [-0.39, 0.29) is 39.2 Å². The maximum atomic E-state index is 13.7. The number of para-hydroxylation sites is 6. The molecule has 11 N–H and O–H groups in total. The average molecular weight is 2120 g/mol. The van der Waals surface area contributed by atoms with Crippen LogP contribution in [0.4, 0.5) is 38.5 Å². The highest BCUT2D eigenvalue weighted by Gasteiger charge is 2.33. The van der Waals surface area contributed by atoms with Crippen LogP contribution in [0.3, 0.4) is 0 Å². The van der Waals surface area contributed by atoms with Crippen molar-refractivity contribution < 1.29 is 55.0 Å². The molecule has 7 aliphatic rings. The Labute approximate surface area is 884 Å². The number of carboxylic acids is 1. The summed E-state index contributed by atoms with van der Waals surface area (Å²) in [5.74, 6) is -0.469. The molecule has 7 aliphatic heterocycles. The molecule has 7 fully saturated rings. The predicted octanol–water partition coefficient (Wildman–Crippen LogP) is 16.5. The molecule has 5 unspecified atom stereocenters. The molecule has 11 aromatic rings. The fourth-order valence-electron chi connectivity index (χ4n) is 19.6. The van der Waals surface area contributed by atoms with E-state index in [1.54, 1.807) is 60.7 Å². The Morgan fingerprint density at radius 3 is 1.05 bits per heavy atom. The minimum Gasteiger partial charge on any atom is -0.478 e. The number of hydrogen-bond acceptors (Lipinski definition) is 25. The molecular formula is C116H134BrFN18O11S2. The summed E-state index contributed by atoms with van der Waals surface area (Å²) >= 11 is 3.37. The molecule has 18 rings (SSSR count). The number of hydrogen-bond donors (Lipinski definition) is 7. The Bertz CT molecular complexity index is 7020. The number of esters is 2. The van der Waals surface area contributed by atoms with Gasteiger partial charge < -0.3 is 71.0 Å². The first-order valence-corrected chi connectivity index (χ1v) is 53.8. The van der Waals surface area contributed by atoms with Crippen molar-refractivity contribution in [1.82, 2.24) is 15.5 Å². The van der Waals surface area contributed by atoms with Gasteiger partial charge in [0.1, 0.15) is 46.0 Å². The molecule has 5 atom stereocenters. The Balaban J connectivity index is 0.000000171. The third-order valence-corrected chi connectivity index (χ3v) is 30.5. The van der Waals surface area contributed by atoms with Crippen molar-refractivity contribution in [2.45, 2.75) is 129 Å². The number of halogens is 2. The van der Waals surface area contributed by atoms with Crippen molar-refractivity contribution in [1.29, 1.82) is 26.3 Å². The van der Waals surface area contributed by atoms with Gasteiger partial charge in [-0.3, -0.25) is 4.79 Å². The zero-order chi connectivity index (χ0) is 108. The first-order chi connectivity index (χ1) is 71.4. The van der Waals surface area contributed by atoms with Crippen LogP contribution in [0, 0.1) is 136 Å². The number of rotatable bonds is 18. The Morgan fingerprint density at radius 2 is 0.705 bits per heavy atom. The Hall–Kier alpha value is -14.4. The number of carboxylic acid groups (broad SMARTS) is 1. The van der Waals surface area contributed by atoms with E-state index in [0.717, 1.165) is 226 Å². The first-order valence-electron chi connectivity index (χ1n) is 49.9. The average Bonchev–Trinajstić information content (AvgIpc) is 1.43. The number of methoxy groups -OCH3 is 2. The number of carbonyl (C=O) groups is 4. The number of anilines is 6. The summed E-state index contributed by atoms with van der Waals surface area (Å²) in [6.07, 6.45) is 8.03. The van der Waals surface area contributed by atoms with E-state index >= 15 is 0 Å². The number of primary sulfonamides is 2. The molecule has 7 heterocycles. The maximum Gasteiger partial charge on any atom is 0.338 e. The SMILES string of the molecule is COC(=O)c1cc(Br)c(C)cc1C.COC(=O)c1cc(CC2CCN(c3ccccc3C#N)C2)c(C)cc1C.Cc1cc(C)c(C(=O)N2CCN(c3ccccc3S(N)(=O)=O)CC2)cc1CC1CCN(c2ccccc2C#N)C1.Cc1cc(C)c(C(=O)O)cc1CC1CCN(c2ccccc2C#N)C1.N#Cc1ccccc1F.N#Cc1ccccc1N1CCC(N)C1.NC1CCNC1.NS(=O)(=O)c1ccccc1N1CCNCC1. The summed E-state index contributed by atoms with van der Waals surface area (Å²) in [6, 6.07) is 77.6. The minimum absolute atomic E-state index is 0.00845. The van der Waals surface area contributed by atoms with Gasteiger partial charge >= 0.3 is 17.9 Å². The van der Waals surface area contributed by atoms with Crippen LogP contribution in [0.5, 0.6) is 0 Å². The molecule has 11 aromatic carbocycles. The largest absolute Gasteiger partial charge is 0.478 e. The monoisotopic (exact) mass is 2120 g/mol. The molecule has 149 heavy (non-hydrogen) atoms. The molecule has 0 aromatic heterocycles.